The highest BCUT2D eigenvalue weighted by Gasteiger charge is 2.32. The van der Waals surface area contributed by atoms with Crippen LogP contribution in [0.15, 0.2) is 54.6 Å². The van der Waals surface area contributed by atoms with Gasteiger partial charge in [0.05, 0.1) is 13.2 Å². The molecule has 0 saturated carbocycles. The number of amides is 2. The number of carbonyl (C=O) groups is 2. The van der Waals surface area contributed by atoms with Crippen LogP contribution in [0.2, 0.25) is 0 Å². The second kappa shape index (κ2) is 9.87. The molecule has 1 unspecified atom stereocenters. The van der Waals surface area contributed by atoms with Crippen molar-refractivity contribution in [2.75, 3.05) is 38.2 Å². The van der Waals surface area contributed by atoms with Gasteiger partial charge in [-0.05, 0) is 36.1 Å². The van der Waals surface area contributed by atoms with Gasteiger partial charge < -0.3 is 15.0 Å². The number of nitrogens with one attached hydrogen (secondary N) is 1. The first-order valence-corrected chi connectivity index (χ1v) is 10.7. The lowest BCUT2D eigenvalue weighted by molar-refractivity contribution is -0.141. The van der Waals surface area contributed by atoms with Gasteiger partial charge in [0.25, 0.3) is 5.91 Å². The van der Waals surface area contributed by atoms with Crippen molar-refractivity contribution in [2.45, 2.75) is 31.8 Å². The summed E-state index contributed by atoms with van der Waals surface area (Å²) in [4.78, 5) is 30.0. The molecule has 1 atom stereocenters. The van der Waals surface area contributed by atoms with E-state index in [4.69, 9.17) is 4.74 Å². The van der Waals surface area contributed by atoms with Crippen LogP contribution in [-0.4, -0.2) is 54.5 Å². The van der Waals surface area contributed by atoms with Gasteiger partial charge in [-0.25, -0.2) is 0 Å². The Kier molecular flexibility index (Phi) is 6.77. The van der Waals surface area contributed by atoms with Gasteiger partial charge in [0.1, 0.15) is 6.04 Å². The Balaban J connectivity index is 1.51. The van der Waals surface area contributed by atoms with Crippen LogP contribution in [-0.2, 0) is 20.9 Å². The number of anilines is 1. The van der Waals surface area contributed by atoms with Crippen molar-refractivity contribution in [2.24, 2.45) is 0 Å². The molecule has 158 valence electrons. The molecular weight excluding hydrogens is 378 g/mol. The highest BCUT2D eigenvalue weighted by molar-refractivity contribution is 5.98. The zero-order valence-corrected chi connectivity index (χ0v) is 17.3. The molecule has 30 heavy (non-hydrogen) atoms. The number of piperidine rings is 1. The van der Waals surface area contributed by atoms with E-state index in [-0.39, 0.29) is 11.8 Å². The molecule has 2 aliphatic rings. The minimum absolute atomic E-state index is 0.0475. The van der Waals surface area contributed by atoms with Crippen LogP contribution in [0.5, 0.6) is 0 Å². The Hall–Kier alpha value is -2.70. The summed E-state index contributed by atoms with van der Waals surface area (Å²) in [7, 11) is 0. The molecule has 0 aromatic heterocycles. The summed E-state index contributed by atoms with van der Waals surface area (Å²) in [6.45, 7) is 4.81. The standard InChI is InChI=1S/C24H29N3O3/c28-22-11-4-5-12-27(22)23(20-8-2-1-3-9-20)24(29)25-21-10-6-7-19(17-21)18-26-13-15-30-16-14-26/h1-3,6-10,17,23H,4-5,11-16,18H2,(H,25,29). The number of benzene rings is 2. The van der Waals surface area contributed by atoms with Gasteiger partial charge in [-0.1, -0.05) is 42.5 Å². The minimum Gasteiger partial charge on any atom is -0.379 e. The Morgan fingerprint density at radius 2 is 1.80 bits per heavy atom. The zero-order valence-electron chi connectivity index (χ0n) is 17.3. The largest absolute Gasteiger partial charge is 0.379 e. The van der Waals surface area contributed by atoms with Gasteiger partial charge in [0.2, 0.25) is 5.91 Å². The van der Waals surface area contributed by atoms with E-state index in [1.54, 1.807) is 4.90 Å². The van der Waals surface area contributed by atoms with Crippen molar-refractivity contribution in [3.05, 3.63) is 65.7 Å². The predicted molar refractivity (Wildman–Crippen MR) is 116 cm³/mol. The minimum atomic E-state index is -0.609. The van der Waals surface area contributed by atoms with Gasteiger partial charge in [0.15, 0.2) is 0 Å². The summed E-state index contributed by atoms with van der Waals surface area (Å²) in [5.41, 5.74) is 2.76. The molecule has 0 bridgehead atoms. The SMILES string of the molecule is O=C(Nc1cccc(CN2CCOCC2)c1)C(c1ccccc1)N1CCCCC1=O. The summed E-state index contributed by atoms with van der Waals surface area (Å²) in [5, 5.41) is 3.06. The smallest absolute Gasteiger partial charge is 0.251 e. The molecule has 4 rings (SSSR count). The van der Waals surface area contributed by atoms with Gasteiger partial charge in [-0.15, -0.1) is 0 Å². The molecular formula is C24H29N3O3. The van der Waals surface area contributed by atoms with Crippen LogP contribution in [0.4, 0.5) is 5.69 Å². The lowest BCUT2D eigenvalue weighted by Gasteiger charge is -2.34. The molecule has 6 heteroatoms. The molecule has 2 aliphatic heterocycles. The zero-order chi connectivity index (χ0) is 20.8. The number of likely N-dealkylation sites (tertiary alicyclic amines) is 1. The molecule has 2 aromatic rings. The van der Waals surface area contributed by atoms with Gasteiger partial charge in [0, 0.05) is 38.3 Å². The molecule has 0 spiro atoms. The van der Waals surface area contributed by atoms with Crippen molar-refractivity contribution in [1.29, 1.82) is 0 Å². The van der Waals surface area contributed by atoms with E-state index in [1.165, 1.54) is 0 Å². The summed E-state index contributed by atoms with van der Waals surface area (Å²) in [5.74, 6) is -0.119. The number of hydrogen-bond acceptors (Lipinski definition) is 4. The average Bonchev–Trinajstić information content (AvgIpc) is 2.77. The Morgan fingerprint density at radius 1 is 1.00 bits per heavy atom. The second-order valence-electron chi connectivity index (χ2n) is 7.94. The van der Waals surface area contributed by atoms with Crippen LogP contribution in [0.1, 0.15) is 36.4 Å². The van der Waals surface area contributed by atoms with Gasteiger partial charge in [-0.2, -0.15) is 0 Å². The van der Waals surface area contributed by atoms with Crippen LogP contribution >= 0.6 is 0 Å². The first-order valence-electron chi connectivity index (χ1n) is 10.7. The Morgan fingerprint density at radius 3 is 2.57 bits per heavy atom. The molecule has 2 heterocycles. The first kappa shape index (κ1) is 20.6. The third-order valence-corrected chi connectivity index (χ3v) is 5.74. The summed E-state index contributed by atoms with van der Waals surface area (Å²) >= 11 is 0. The maximum Gasteiger partial charge on any atom is 0.251 e. The van der Waals surface area contributed by atoms with E-state index in [1.807, 2.05) is 48.5 Å². The fourth-order valence-corrected chi connectivity index (χ4v) is 4.18. The molecule has 2 aromatic carbocycles. The molecule has 6 nitrogen and oxygen atoms in total. The molecule has 2 fully saturated rings. The van der Waals surface area contributed by atoms with Crippen LogP contribution in [0.25, 0.3) is 0 Å². The lowest BCUT2D eigenvalue weighted by atomic mass is 10.0. The normalized spacial score (nSPS) is 18.8. The van der Waals surface area contributed by atoms with E-state index >= 15 is 0 Å². The first-order chi connectivity index (χ1) is 14.7. The predicted octanol–water partition coefficient (Wildman–Crippen LogP) is 3.21. The number of nitrogens with zero attached hydrogens (tertiary/aromatic N) is 2. The second-order valence-corrected chi connectivity index (χ2v) is 7.94. The number of carbonyl (C=O) groups excluding carboxylic acids is 2. The average molecular weight is 408 g/mol. The highest BCUT2D eigenvalue weighted by Crippen LogP contribution is 2.27. The van der Waals surface area contributed by atoms with Crippen LogP contribution in [0, 0.1) is 0 Å². The third-order valence-electron chi connectivity index (χ3n) is 5.74. The third kappa shape index (κ3) is 5.07. The fraction of sp³-hybridized carbons (Fsp3) is 0.417. The lowest BCUT2D eigenvalue weighted by Crippen LogP contribution is -2.43. The van der Waals surface area contributed by atoms with Crippen molar-refractivity contribution in [3.8, 4) is 0 Å². The van der Waals surface area contributed by atoms with Crippen LogP contribution < -0.4 is 5.32 Å². The highest BCUT2D eigenvalue weighted by atomic mass is 16.5. The summed E-state index contributed by atoms with van der Waals surface area (Å²) in [6.07, 6.45) is 2.32. The number of hydrogen-bond donors (Lipinski definition) is 1. The maximum atomic E-state index is 13.3. The molecule has 0 aliphatic carbocycles. The van der Waals surface area contributed by atoms with Gasteiger partial charge >= 0.3 is 0 Å². The number of morpholine rings is 1. The summed E-state index contributed by atoms with van der Waals surface area (Å²) in [6, 6.07) is 16.9. The van der Waals surface area contributed by atoms with Crippen molar-refractivity contribution in [1.82, 2.24) is 9.80 Å². The quantitative estimate of drug-likeness (QED) is 0.799. The van der Waals surface area contributed by atoms with Crippen molar-refractivity contribution in [3.63, 3.8) is 0 Å². The Bertz CT molecular complexity index is 865. The maximum absolute atomic E-state index is 13.3. The van der Waals surface area contributed by atoms with E-state index in [2.05, 4.69) is 16.3 Å². The molecule has 2 saturated heterocycles. The number of ether oxygens (including phenoxy) is 1. The number of rotatable bonds is 6. The molecule has 1 N–H and O–H groups in total. The molecule has 2 amide bonds. The Labute approximate surface area is 177 Å². The monoisotopic (exact) mass is 407 g/mol. The topological polar surface area (TPSA) is 61.9 Å². The van der Waals surface area contributed by atoms with Crippen molar-refractivity contribution < 1.29 is 14.3 Å². The van der Waals surface area contributed by atoms with E-state index in [9.17, 15) is 9.59 Å². The van der Waals surface area contributed by atoms with Gasteiger partial charge in [-0.3, -0.25) is 14.5 Å². The van der Waals surface area contributed by atoms with Crippen LogP contribution in [0.3, 0.4) is 0 Å². The summed E-state index contributed by atoms with van der Waals surface area (Å²) < 4.78 is 5.42. The van der Waals surface area contributed by atoms with Crippen molar-refractivity contribution >= 4 is 17.5 Å². The molecule has 0 radical (unpaired) electrons. The van der Waals surface area contributed by atoms with E-state index < -0.39 is 6.04 Å². The van der Waals surface area contributed by atoms with E-state index in [0.717, 1.165) is 62.5 Å². The van der Waals surface area contributed by atoms with E-state index in [0.29, 0.717) is 13.0 Å². The fourth-order valence-electron chi connectivity index (χ4n) is 4.18.